The van der Waals surface area contributed by atoms with Gasteiger partial charge in [-0.3, -0.25) is 0 Å². The van der Waals surface area contributed by atoms with Crippen LogP contribution in [-0.2, 0) is 5.75 Å². The number of hydrogen-bond donors (Lipinski definition) is 1. The highest BCUT2D eigenvalue weighted by Crippen LogP contribution is 2.28. The number of anilines is 1. The van der Waals surface area contributed by atoms with Gasteiger partial charge >= 0.3 is 0 Å². The van der Waals surface area contributed by atoms with Crippen LogP contribution >= 0.6 is 11.8 Å². The summed E-state index contributed by atoms with van der Waals surface area (Å²) in [5, 5.41) is 0. The average molecular weight is 247 g/mol. The van der Waals surface area contributed by atoms with E-state index in [9.17, 15) is 4.39 Å². The standard InChI is InChI=1S/C14H14FNS/c1-10-2-4-11(5-3-10)9-17-14-7-6-12(15)8-13(14)16/h2-8H,9,16H2,1H3. The van der Waals surface area contributed by atoms with Crippen molar-refractivity contribution in [3.8, 4) is 0 Å². The van der Waals surface area contributed by atoms with Crippen molar-refractivity contribution in [1.29, 1.82) is 0 Å². The van der Waals surface area contributed by atoms with E-state index in [0.717, 1.165) is 10.6 Å². The minimum atomic E-state index is -0.290. The second-order valence-corrected chi connectivity index (χ2v) is 4.97. The van der Waals surface area contributed by atoms with Gasteiger partial charge in [-0.05, 0) is 30.7 Å². The molecule has 0 spiro atoms. The lowest BCUT2D eigenvalue weighted by molar-refractivity contribution is 0.627. The Hall–Kier alpha value is -1.48. The van der Waals surface area contributed by atoms with Crippen LogP contribution in [-0.4, -0.2) is 0 Å². The minimum Gasteiger partial charge on any atom is -0.398 e. The van der Waals surface area contributed by atoms with E-state index in [0.29, 0.717) is 5.69 Å². The fraction of sp³-hybridized carbons (Fsp3) is 0.143. The summed E-state index contributed by atoms with van der Waals surface area (Å²) < 4.78 is 12.9. The Morgan fingerprint density at radius 2 is 1.82 bits per heavy atom. The average Bonchev–Trinajstić information content (AvgIpc) is 2.30. The van der Waals surface area contributed by atoms with Crippen LogP contribution in [0.15, 0.2) is 47.4 Å². The number of rotatable bonds is 3. The van der Waals surface area contributed by atoms with E-state index in [1.165, 1.54) is 23.3 Å². The number of nitrogens with two attached hydrogens (primary N) is 1. The van der Waals surface area contributed by atoms with E-state index in [4.69, 9.17) is 5.73 Å². The van der Waals surface area contributed by atoms with Crippen molar-refractivity contribution in [3.63, 3.8) is 0 Å². The third kappa shape index (κ3) is 3.24. The molecule has 0 atom stereocenters. The summed E-state index contributed by atoms with van der Waals surface area (Å²) in [5.74, 6) is 0.554. The van der Waals surface area contributed by atoms with Crippen molar-refractivity contribution in [2.24, 2.45) is 0 Å². The first-order valence-corrected chi connectivity index (χ1v) is 6.37. The zero-order valence-electron chi connectivity index (χ0n) is 9.61. The van der Waals surface area contributed by atoms with Gasteiger partial charge in [0, 0.05) is 16.3 Å². The van der Waals surface area contributed by atoms with Crippen LogP contribution < -0.4 is 5.73 Å². The maximum absolute atomic E-state index is 12.9. The van der Waals surface area contributed by atoms with Crippen molar-refractivity contribution < 1.29 is 4.39 Å². The van der Waals surface area contributed by atoms with E-state index < -0.39 is 0 Å². The van der Waals surface area contributed by atoms with Gasteiger partial charge in [0.05, 0.1) is 0 Å². The molecule has 0 fully saturated rings. The molecule has 2 rings (SSSR count). The maximum Gasteiger partial charge on any atom is 0.125 e. The summed E-state index contributed by atoms with van der Waals surface area (Å²) in [6.45, 7) is 2.06. The van der Waals surface area contributed by atoms with Crippen LogP contribution in [0, 0.1) is 12.7 Å². The molecule has 0 aliphatic carbocycles. The first-order chi connectivity index (χ1) is 8.15. The monoisotopic (exact) mass is 247 g/mol. The summed E-state index contributed by atoms with van der Waals surface area (Å²) in [6, 6.07) is 12.9. The van der Waals surface area contributed by atoms with Crippen molar-refractivity contribution in [1.82, 2.24) is 0 Å². The highest BCUT2D eigenvalue weighted by atomic mass is 32.2. The van der Waals surface area contributed by atoms with Crippen LogP contribution in [0.1, 0.15) is 11.1 Å². The van der Waals surface area contributed by atoms with Gasteiger partial charge in [-0.2, -0.15) is 0 Å². The smallest absolute Gasteiger partial charge is 0.125 e. The van der Waals surface area contributed by atoms with Gasteiger partial charge in [0.25, 0.3) is 0 Å². The molecule has 0 aliphatic rings. The van der Waals surface area contributed by atoms with E-state index in [1.54, 1.807) is 17.8 Å². The minimum absolute atomic E-state index is 0.290. The fourth-order valence-corrected chi connectivity index (χ4v) is 2.40. The van der Waals surface area contributed by atoms with E-state index in [-0.39, 0.29) is 5.82 Å². The molecule has 0 aliphatic heterocycles. The maximum atomic E-state index is 12.9. The Morgan fingerprint density at radius 3 is 2.47 bits per heavy atom. The lowest BCUT2D eigenvalue weighted by Gasteiger charge is -2.05. The second kappa shape index (κ2) is 5.23. The van der Waals surface area contributed by atoms with Crippen molar-refractivity contribution in [2.45, 2.75) is 17.6 Å². The van der Waals surface area contributed by atoms with Crippen LogP contribution in [0.4, 0.5) is 10.1 Å². The zero-order valence-corrected chi connectivity index (χ0v) is 10.4. The summed E-state index contributed by atoms with van der Waals surface area (Å²) in [7, 11) is 0. The quantitative estimate of drug-likeness (QED) is 0.655. The molecule has 0 saturated heterocycles. The summed E-state index contributed by atoms with van der Waals surface area (Å²) >= 11 is 1.62. The van der Waals surface area contributed by atoms with Crippen molar-refractivity contribution >= 4 is 17.4 Å². The fourth-order valence-electron chi connectivity index (χ4n) is 1.50. The molecule has 0 unspecified atom stereocenters. The predicted molar refractivity (Wildman–Crippen MR) is 71.6 cm³/mol. The highest BCUT2D eigenvalue weighted by molar-refractivity contribution is 7.98. The Bertz CT molecular complexity index is 508. The van der Waals surface area contributed by atoms with Gasteiger partial charge in [0.1, 0.15) is 5.82 Å². The molecule has 0 radical (unpaired) electrons. The molecule has 0 aromatic heterocycles. The largest absolute Gasteiger partial charge is 0.398 e. The highest BCUT2D eigenvalue weighted by Gasteiger charge is 2.02. The summed E-state index contributed by atoms with van der Waals surface area (Å²) in [5.41, 5.74) is 8.74. The summed E-state index contributed by atoms with van der Waals surface area (Å²) in [4.78, 5) is 0.923. The van der Waals surface area contributed by atoms with Gasteiger partial charge in [0.2, 0.25) is 0 Å². The third-order valence-corrected chi connectivity index (χ3v) is 3.65. The number of benzene rings is 2. The van der Waals surface area contributed by atoms with Crippen LogP contribution in [0.5, 0.6) is 0 Å². The molecule has 0 bridgehead atoms. The van der Waals surface area contributed by atoms with Crippen LogP contribution in [0.25, 0.3) is 0 Å². The van der Waals surface area contributed by atoms with E-state index >= 15 is 0 Å². The SMILES string of the molecule is Cc1ccc(CSc2ccc(F)cc2N)cc1. The van der Waals surface area contributed by atoms with Gasteiger partial charge in [-0.15, -0.1) is 11.8 Å². The molecule has 17 heavy (non-hydrogen) atoms. The first-order valence-electron chi connectivity index (χ1n) is 5.38. The molecule has 0 heterocycles. The number of aryl methyl sites for hydroxylation is 1. The Labute approximate surface area is 105 Å². The molecule has 1 nitrogen and oxygen atoms in total. The Morgan fingerprint density at radius 1 is 1.12 bits per heavy atom. The van der Waals surface area contributed by atoms with Crippen molar-refractivity contribution in [3.05, 3.63) is 59.4 Å². The molecule has 0 amide bonds. The Kier molecular flexibility index (Phi) is 3.69. The van der Waals surface area contributed by atoms with E-state index in [1.807, 2.05) is 0 Å². The predicted octanol–water partition coefficient (Wildman–Crippen LogP) is 4.01. The molecule has 2 aromatic rings. The molecule has 2 aromatic carbocycles. The number of hydrogen-bond acceptors (Lipinski definition) is 2. The van der Waals surface area contributed by atoms with Crippen molar-refractivity contribution in [2.75, 3.05) is 5.73 Å². The number of thioether (sulfide) groups is 1. The second-order valence-electron chi connectivity index (χ2n) is 3.96. The topological polar surface area (TPSA) is 26.0 Å². The molecule has 2 N–H and O–H groups in total. The van der Waals surface area contributed by atoms with E-state index in [2.05, 4.69) is 31.2 Å². The Balaban J connectivity index is 2.04. The lowest BCUT2D eigenvalue weighted by atomic mass is 10.2. The van der Waals surface area contributed by atoms with Gasteiger partial charge < -0.3 is 5.73 Å². The number of nitrogen functional groups attached to an aromatic ring is 1. The molecular weight excluding hydrogens is 233 g/mol. The summed E-state index contributed by atoms with van der Waals surface area (Å²) in [6.07, 6.45) is 0. The normalized spacial score (nSPS) is 10.5. The lowest BCUT2D eigenvalue weighted by Crippen LogP contribution is -1.90. The zero-order chi connectivity index (χ0) is 12.3. The third-order valence-electron chi connectivity index (χ3n) is 2.49. The first kappa shape index (κ1) is 12.0. The molecular formula is C14H14FNS. The van der Waals surface area contributed by atoms with Gasteiger partial charge in [0.15, 0.2) is 0 Å². The van der Waals surface area contributed by atoms with Gasteiger partial charge in [-0.1, -0.05) is 29.8 Å². The van der Waals surface area contributed by atoms with Crippen LogP contribution in [0.2, 0.25) is 0 Å². The van der Waals surface area contributed by atoms with Gasteiger partial charge in [-0.25, -0.2) is 4.39 Å². The molecule has 88 valence electrons. The van der Waals surface area contributed by atoms with Crippen LogP contribution in [0.3, 0.4) is 0 Å². The molecule has 3 heteroatoms. The number of halogens is 1. The molecule has 0 saturated carbocycles.